The molecule has 0 aliphatic heterocycles. The summed E-state index contributed by atoms with van der Waals surface area (Å²) in [7, 11) is 0. The van der Waals surface area contributed by atoms with Gasteiger partial charge in [0.2, 0.25) is 0 Å². The van der Waals surface area contributed by atoms with E-state index >= 15 is 0 Å². The van der Waals surface area contributed by atoms with Crippen LogP contribution in [-0.2, 0) is 12.8 Å². The number of fused-ring (bicyclic) bond motifs is 1. The molecule has 21 heavy (non-hydrogen) atoms. The second kappa shape index (κ2) is 5.88. The first-order chi connectivity index (χ1) is 10.2. The molecule has 0 atom stereocenters. The smallest absolute Gasteiger partial charge is 0.134 e. The number of phenolic OH excluding ortho intramolecular Hbond substituents is 1. The van der Waals surface area contributed by atoms with Crippen LogP contribution in [0.5, 0.6) is 5.75 Å². The predicted octanol–water partition coefficient (Wildman–Crippen LogP) is 4.61. The van der Waals surface area contributed by atoms with Gasteiger partial charge < -0.3 is 5.11 Å². The van der Waals surface area contributed by atoms with Crippen molar-refractivity contribution in [3.8, 4) is 11.8 Å². The first-order valence-electron chi connectivity index (χ1n) is 6.76. The van der Waals surface area contributed by atoms with Crippen LogP contribution in [0.15, 0.2) is 23.2 Å². The Morgan fingerprint density at radius 1 is 1.33 bits per heavy atom. The van der Waals surface area contributed by atoms with E-state index in [0.717, 1.165) is 29.8 Å². The Morgan fingerprint density at radius 3 is 2.95 bits per heavy atom. The number of nitrogens with zero attached hydrogens (tertiary/aromatic N) is 2. The van der Waals surface area contributed by atoms with E-state index in [-0.39, 0.29) is 5.75 Å². The highest BCUT2D eigenvalue weighted by molar-refractivity contribution is 7.16. The van der Waals surface area contributed by atoms with Crippen molar-refractivity contribution in [1.82, 2.24) is 0 Å². The van der Waals surface area contributed by atoms with Gasteiger partial charge in [0.1, 0.15) is 16.8 Å². The van der Waals surface area contributed by atoms with Crippen LogP contribution in [-0.4, -0.2) is 11.3 Å². The van der Waals surface area contributed by atoms with E-state index in [1.54, 1.807) is 29.7 Å². The zero-order chi connectivity index (χ0) is 14.8. The number of thiophene rings is 1. The molecule has 0 amide bonds. The van der Waals surface area contributed by atoms with Crippen LogP contribution in [0, 0.1) is 11.3 Å². The number of aromatic hydroxyl groups is 1. The van der Waals surface area contributed by atoms with Gasteiger partial charge in [-0.05, 0) is 49.4 Å². The van der Waals surface area contributed by atoms with Crippen LogP contribution in [0.4, 0.5) is 5.00 Å². The highest BCUT2D eigenvalue weighted by atomic mass is 35.5. The summed E-state index contributed by atoms with van der Waals surface area (Å²) >= 11 is 7.50. The molecule has 0 spiro atoms. The molecule has 3 rings (SSSR count). The molecule has 0 bridgehead atoms. The predicted molar refractivity (Wildman–Crippen MR) is 86.0 cm³/mol. The number of aryl methyl sites for hydroxylation is 1. The maximum absolute atomic E-state index is 9.79. The lowest BCUT2D eigenvalue weighted by molar-refractivity contribution is 0.474. The molecule has 0 fully saturated rings. The Labute approximate surface area is 132 Å². The number of aliphatic imine (C=N–C) groups is 1. The third-order valence-corrected chi connectivity index (χ3v) is 5.01. The van der Waals surface area contributed by atoms with E-state index in [0.29, 0.717) is 16.1 Å². The van der Waals surface area contributed by atoms with Crippen molar-refractivity contribution >= 4 is 34.2 Å². The Kier molecular flexibility index (Phi) is 3.96. The third kappa shape index (κ3) is 2.80. The van der Waals surface area contributed by atoms with E-state index in [4.69, 9.17) is 11.6 Å². The van der Waals surface area contributed by atoms with Gasteiger partial charge in [-0.15, -0.1) is 11.3 Å². The lowest BCUT2D eigenvalue weighted by Gasteiger charge is -2.09. The van der Waals surface area contributed by atoms with Crippen molar-refractivity contribution in [3.63, 3.8) is 0 Å². The molecule has 5 heteroatoms. The van der Waals surface area contributed by atoms with Crippen molar-refractivity contribution in [3.05, 3.63) is 44.8 Å². The first-order valence-corrected chi connectivity index (χ1v) is 7.95. The zero-order valence-corrected chi connectivity index (χ0v) is 12.8. The van der Waals surface area contributed by atoms with Crippen molar-refractivity contribution in [2.45, 2.75) is 25.7 Å². The highest BCUT2D eigenvalue weighted by Crippen LogP contribution is 2.39. The molecule has 2 aromatic rings. The number of hydrogen-bond donors (Lipinski definition) is 1. The maximum Gasteiger partial charge on any atom is 0.134 e. The average molecular weight is 317 g/mol. The Balaban J connectivity index is 1.98. The van der Waals surface area contributed by atoms with Gasteiger partial charge in [-0.25, -0.2) is 4.99 Å². The molecule has 1 aliphatic carbocycles. The summed E-state index contributed by atoms with van der Waals surface area (Å²) in [4.78, 5) is 5.68. The first kappa shape index (κ1) is 14.1. The molecule has 1 heterocycles. The van der Waals surface area contributed by atoms with Gasteiger partial charge in [-0.1, -0.05) is 11.6 Å². The quantitative estimate of drug-likeness (QED) is 0.823. The van der Waals surface area contributed by atoms with Gasteiger partial charge in [0.05, 0.1) is 5.56 Å². The molecular formula is C16H13ClN2OS. The molecule has 106 valence electrons. The summed E-state index contributed by atoms with van der Waals surface area (Å²) in [5.41, 5.74) is 2.40. The topological polar surface area (TPSA) is 56.4 Å². The minimum absolute atomic E-state index is 0.128. The summed E-state index contributed by atoms with van der Waals surface area (Å²) in [6.07, 6.45) is 5.88. The van der Waals surface area contributed by atoms with Crippen LogP contribution in [0.3, 0.4) is 0 Å². The Morgan fingerprint density at radius 2 is 2.14 bits per heavy atom. The van der Waals surface area contributed by atoms with E-state index < -0.39 is 0 Å². The molecule has 3 nitrogen and oxygen atoms in total. The van der Waals surface area contributed by atoms with Crippen LogP contribution in [0.25, 0.3) is 0 Å². The van der Waals surface area contributed by atoms with Gasteiger partial charge in [-0.2, -0.15) is 5.26 Å². The van der Waals surface area contributed by atoms with Crippen molar-refractivity contribution in [2.24, 2.45) is 4.99 Å². The van der Waals surface area contributed by atoms with Crippen LogP contribution in [0.2, 0.25) is 5.02 Å². The lowest BCUT2D eigenvalue weighted by Crippen LogP contribution is -1.99. The largest absolute Gasteiger partial charge is 0.507 e. The fourth-order valence-electron chi connectivity index (χ4n) is 2.51. The zero-order valence-electron chi connectivity index (χ0n) is 11.3. The number of benzene rings is 1. The van der Waals surface area contributed by atoms with Crippen LogP contribution >= 0.6 is 22.9 Å². The monoisotopic (exact) mass is 316 g/mol. The molecule has 1 N–H and O–H groups in total. The van der Waals surface area contributed by atoms with E-state index in [1.807, 2.05) is 0 Å². The molecule has 0 unspecified atom stereocenters. The average Bonchev–Trinajstić information content (AvgIpc) is 2.85. The summed E-state index contributed by atoms with van der Waals surface area (Å²) in [6, 6.07) is 7.09. The number of halogens is 1. The minimum atomic E-state index is 0.128. The second-order valence-electron chi connectivity index (χ2n) is 4.96. The second-order valence-corrected chi connectivity index (χ2v) is 6.48. The van der Waals surface area contributed by atoms with E-state index in [9.17, 15) is 10.4 Å². The highest BCUT2D eigenvalue weighted by Gasteiger charge is 2.20. The fourth-order valence-corrected chi connectivity index (χ4v) is 3.88. The van der Waals surface area contributed by atoms with Gasteiger partial charge in [-0.3, -0.25) is 0 Å². The molecule has 0 saturated heterocycles. The summed E-state index contributed by atoms with van der Waals surface area (Å²) in [5.74, 6) is 0.128. The molecule has 0 saturated carbocycles. The van der Waals surface area contributed by atoms with Crippen molar-refractivity contribution in [2.75, 3.05) is 0 Å². The van der Waals surface area contributed by atoms with Gasteiger partial charge in [0, 0.05) is 21.7 Å². The molecule has 1 aliphatic rings. The summed E-state index contributed by atoms with van der Waals surface area (Å²) < 4.78 is 0. The molecular weight excluding hydrogens is 304 g/mol. The number of hydrogen-bond acceptors (Lipinski definition) is 4. The molecule has 1 aromatic carbocycles. The molecule has 0 radical (unpaired) electrons. The van der Waals surface area contributed by atoms with Crippen LogP contribution in [0.1, 0.15) is 34.4 Å². The SMILES string of the molecule is N#Cc1c(N=Cc2cc(Cl)ccc2O)sc2c1CCCC2. The number of nitriles is 1. The van der Waals surface area contributed by atoms with E-state index in [1.165, 1.54) is 17.4 Å². The maximum atomic E-state index is 9.79. The van der Waals surface area contributed by atoms with Crippen molar-refractivity contribution < 1.29 is 5.11 Å². The normalized spacial score (nSPS) is 14.1. The minimum Gasteiger partial charge on any atom is -0.507 e. The van der Waals surface area contributed by atoms with Gasteiger partial charge in [0.15, 0.2) is 0 Å². The Bertz CT molecular complexity index is 758. The molecule has 1 aromatic heterocycles. The van der Waals surface area contributed by atoms with E-state index in [2.05, 4.69) is 11.1 Å². The Hall–Kier alpha value is -1.83. The van der Waals surface area contributed by atoms with Gasteiger partial charge >= 0.3 is 0 Å². The lowest BCUT2D eigenvalue weighted by atomic mass is 9.96. The van der Waals surface area contributed by atoms with Gasteiger partial charge in [0.25, 0.3) is 0 Å². The number of rotatable bonds is 2. The fraction of sp³-hybridized carbons (Fsp3) is 0.250. The summed E-state index contributed by atoms with van der Waals surface area (Å²) in [6.45, 7) is 0. The van der Waals surface area contributed by atoms with Crippen LogP contribution < -0.4 is 0 Å². The number of phenols is 1. The summed E-state index contributed by atoms with van der Waals surface area (Å²) in [5, 5.41) is 20.4. The standard InChI is InChI=1S/C16H13ClN2OS/c17-11-5-6-14(20)10(7-11)9-19-16-13(8-18)12-3-1-2-4-15(12)21-16/h5-7,9,20H,1-4H2. The third-order valence-electron chi connectivity index (χ3n) is 3.57. The van der Waals surface area contributed by atoms with Crippen molar-refractivity contribution in [1.29, 1.82) is 5.26 Å².